The maximum Gasteiger partial charge on any atom is 0.329 e. The molecule has 1 saturated carbocycles. The summed E-state index contributed by atoms with van der Waals surface area (Å²) in [7, 11) is 0. The van der Waals surface area contributed by atoms with Crippen molar-refractivity contribution in [2.24, 2.45) is 5.92 Å². The molecule has 1 aliphatic heterocycles. The fourth-order valence-corrected chi connectivity index (χ4v) is 3.36. The lowest BCUT2D eigenvalue weighted by Gasteiger charge is -2.28. The number of fused-ring (bicyclic) bond motifs is 2. The van der Waals surface area contributed by atoms with Crippen LogP contribution in [0, 0.1) is 5.92 Å². The number of para-hydroxylation sites is 1. The number of amides is 1. The maximum atomic E-state index is 12.6. The predicted molar refractivity (Wildman–Crippen MR) is 80.8 cm³/mol. The minimum Gasteiger partial charge on any atom is -0.493 e. The van der Waals surface area contributed by atoms with E-state index in [1.165, 1.54) is 0 Å². The van der Waals surface area contributed by atoms with Crippen molar-refractivity contribution in [3.05, 3.63) is 29.8 Å². The first-order valence-corrected chi connectivity index (χ1v) is 7.71. The first kappa shape index (κ1) is 14.9. The van der Waals surface area contributed by atoms with Crippen LogP contribution in [0.25, 0.3) is 0 Å². The first-order chi connectivity index (χ1) is 10.4. The second-order valence-electron chi connectivity index (χ2n) is 6.49. The number of hydrogen-bond acceptors (Lipinski definition) is 3. The second kappa shape index (κ2) is 5.00. The highest BCUT2D eigenvalue weighted by Crippen LogP contribution is 2.60. The Hall–Kier alpha value is -2.04. The van der Waals surface area contributed by atoms with E-state index in [4.69, 9.17) is 4.74 Å². The largest absolute Gasteiger partial charge is 0.493 e. The third-order valence-electron chi connectivity index (χ3n) is 5.20. The van der Waals surface area contributed by atoms with Crippen molar-refractivity contribution < 1.29 is 19.4 Å². The second-order valence-corrected chi connectivity index (χ2v) is 6.49. The van der Waals surface area contributed by atoms with Crippen LogP contribution >= 0.6 is 0 Å². The summed E-state index contributed by atoms with van der Waals surface area (Å²) in [6.45, 7) is 3.92. The van der Waals surface area contributed by atoms with Crippen molar-refractivity contribution in [2.45, 2.75) is 44.1 Å². The number of aliphatic carboxylic acids is 1. The molecule has 1 aliphatic carbocycles. The van der Waals surface area contributed by atoms with Gasteiger partial charge in [-0.1, -0.05) is 25.1 Å². The topological polar surface area (TPSA) is 75.6 Å². The molecule has 1 unspecified atom stereocenters. The smallest absolute Gasteiger partial charge is 0.329 e. The Bertz CT molecular complexity index is 629. The molecule has 22 heavy (non-hydrogen) atoms. The molecular weight excluding hydrogens is 282 g/mol. The van der Waals surface area contributed by atoms with Gasteiger partial charge in [-0.3, -0.25) is 4.79 Å². The minimum absolute atomic E-state index is 0.163. The zero-order valence-corrected chi connectivity index (χ0v) is 12.9. The van der Waals surface area contributed by atoms with E-state index in [0.29, 0.717) is 13.0 Å². The van der Waals surface area contributed by atoms with Crippen LogP contribution in [-0.2, 0) is 15.0 Å². The third-order valence-corrected chi connectivity index (χ3v) is 5.20. The zero-order chi connectivity index (χ0) is 16.0. The summed E-state index contributed by atoms with van der Waals surface area (Å²) in [5, 5.41) is 12.0. The van der Waals surface area contributed by atoms with Crippen molar-refractivity contribution >= 4 is 11.9 Å². The molecule has 1 aromatic carbocycles. The Morgan fingerprint density at radius 2 is 2.18 bits per heavy atom. The van der Waals surface area contributed by atoms with Gasteiger partial charge in [-0.15, -0.1) is 0 Å². The molecule has 0 aromatic heterocycles. The first-order valence-electron chi connectivity index (χ1n) is 7.71. The zero-order valence-electron chi connectivity index (χ0n) is 12.9. The molecule has 1 aromatic rings. The summed E-state index contributed by atoms with van der Waals surface area (Å²) >= 11 is 0. The number of carbonyl (C=O) groups excluding carboxylic acids is 1. The van der Waals surface area contributed by atoms with Crippen molar-refractivity contribution in [1.82, 2.24) is 5.32 Å². The van der Waals surface area contributed by atoms with Gasteiger partial charge in [0.05, 0.1) is 6.61 Å². The highest BCUT2D eigenvalue weighted by molar-refractivity contribution is 5.90. The lowest BCUT2D eigenvalue weighted by molar-refractivity contribution is -0.147. The van der Waals surface area contributed by atoms with Gasteiger partial charge in [-0.25, -0.2) is 4.79 Å². The highest BCUT2D eigenvalue weighted by Gasteiger charge is 2.61. The maximum absolute atomic E-state index is 12.6. The summed E-state index contributed by atoms with van der Waals surface area (Å²) in [4.78, 5) is 23.9. The molecule has 3 rings (SSSR count). The number of rotatable bonds is 4. The number of carbonyl (C=O) groups is 2. The molecule has 0 saturated heterocycles. The molecular formula is C17H21NO4. The molecule has 3 atom stereocenters. The van der Waals surface area contributed by atoms with Gasteiger partial charge in [0.1, 0.15) is 11.3 Å². The van der Waals surface area contributed by atoms with E-state index in [1.54, 1.807) is 13.8 Å². The molecule has 1 amide bonds. The third kappa shape index (κ3) is 2.16. The van der Waals surface area contributed by atoms with Crippen LogP contribution in [0.1, 0.15) is 38.7 Å². The van der Waals surface area contributed by atoms with Crippen LogP contribution in [0.4, 0.5) is 0 Å². The Kier molecular flexibility index (Phi) is 3.38. The Labute approximate surface area is 129 Å². The van der Waals surface area contributed by atoms with Crippen LogP contribution in [0.2, 0.25) is 0 Å². The van der Waals surface area contributed by atoms with Crippen molar-refractivity contribution in [3.8, 4) is 5.75 Å². The van der Waals surface area contributed by atoms with E-state index in [2.05, 4.69) is 5.32 Å². The number of hydrogen-bond donors (Lipinski definition) is 2. The van der Waals surface area contributed by atoms with Crippen LogP contribution in [0.5, 0.6) is 5.75 Å². The van der Waals surface area contributed by atoms with Gasteiger partial charge in [-0.2, -0.15) is 0 Å². The molecule has 118 valence electrons. The number of carboxylic acid groups (broad SMARTS) is 1. The molecule has 2 aliphatic rings. The predicted octanol–water partition coefficient (Wildman–Crippen LogP) is 2.10. The molecule has 5 nitrogen and oxygen atoms in total. The lowest BCUT2D eigenvalue weighted by Crippen LogP contribution is -2.52. The number of carboxylic acids is 1. The van der Waals surface area contributed by atoms with E-state index >= 15 is 0 Å². The van der Waals surface area contributed by atoms with Crippen LogP contribution in [0.15, 0.2) is 24.3 Å². The van der Waals surface area contributed by atoms with Gasteiger partial charge in [0, 0.05) is 16.9 Å². The lowest BCUT2D eigenvalue weighted by atomic mass is 9.87. The molecule has 1 heterocycles. The number of ether oxygens (including phenoxy) is 1. The van der Waals surface area contributed by atoms with E-state index in [0.717, 1.165) is 24.2 Å². The van der Waals surface area contributed by atoms with E-state index in [-0.39, 0.29) is 17.2 Å². The van der Waals surface area contributed by atoms with E-state index in [1.807, 2.05) is 24.3 Å². The van der Waals surface area contributed by atoms with Crippen molar-refractivity contribution in [3.63, 3.8) is 0 Å². The standard InChI is InChI=1S/C17H21NO4/c1-3-16(2,15(20)21)18-14(19)12-10-17(12)8-9-22-13-7-5-4-6-11(13)17/h4-7,12H,3,8-10H2,1-2H3,(H,18,19)(H,20,21)/t12-,16?,17-/m0/s1. The van der Waals surface area contributed by atoms with Gasteiger partial charge in [0.2, 0.25) is 5.91 Å². The van der Waals surface area contributed by atoms with Gasteiger partial charge in [0.15, 0.2) is 0 Å². The average Bonchev–Trinajstić information content (AvgIpc) is 3.22. The molecule has 2 N–H and O–H groups in total. The van der Waals surface area contributed by atoms with E-state index in [9.17, 15) is 14.7 Å². The van der Waals surface area contributed by atoms with E-state index < -0.39 is 11.5 Å². The summed E-state index contributed by atoms with van der Waals surface area (Å²) in [5.74, 6) is -0.475. The monoisotopic (exact) mass is 303 g/mol. The summed E-state index contributed by atoms with van der Waals surface area (Å²) in [6, 6.07) is 7.82. The van der Waals surface area contributed by atoms with Crippen molar-refractivity contribution in [1.29, 1.82) is 0 Å². The van der Waals surface area contributed by atoms with Gasteiger partial charge >= 0.3 is 5.97 Å². The summed E-state index contributed by atoms with van der Waals surface area (Å²) in [6.07, 6.45) is 1.92. The molecule has 5 heteroatoms. The Balaban J connectivity index is 1.80. The van der Waals surface area contributed by atoms with Gasteiger partial charge in [-0.05, 0) is 32.3 Å². The summed E-state index contributed by atoms with van der Waals surface area (Å²) < 4.78 is 5.66. The molecule has 0 bridgehead atoms. The Morgan fingerprint density at radius 3 is 2.86 bits per heavy atom. The fraction of sp³-hybridized carbons (Fsp3) is 0.529. The fourth-order valence-electron chi connectivity index (χ4n) is 3.36. The summed E-state index contributed by atoms with van der Waals surface area (Å²) in [5.41, 5.74) is -0.299. The molecule has 1 fully saturated rings. The highest BCUT2D eigenvalue weighted by atomic mass is 16.5. The number of nitrogens with one attached hydrogen (secondary N) is 1. The van der Waals surface area contributed by atoms with Crippen LogP contribution < -0.4 is 10.1 Å². The van der Waals surface area contributed by atoms with Crippen LogP contribution in [-0.4, -0.2) is 29.1 Å². The van der Waals surface area contributed by atoms with Gasteiger partial charge in [0.25, 0.3) is 0 Å². The quantitative estimate of drug-likeness (QED) is 0.893. The minimum atomic E-state index is -1.20. The normalized spacial score (nSPS) is 28.2. The van der Waals surface area contributed by atoms with Crippen LogP contribution in [0.3, 0.4) is 0 Å². The Morgan fingerprint density at radius 1 is 1.45 bits per heavy atom. The average molecular weight is 303 g/mol. The van der Waals surface area contributed by atoms with Crippen molar-refractivity contribution in [2.75, 3.05) is 6.61 Å². The number of benzene rings is 1. The molecule has 1 spiro atoms. The van der Waals surface area contributed by atoms with Gasteiger partial charge < -0.3 is 15.2 Å². The SMILES string of the molecule is CCC(C)(NC(=O)[C@@H]1C[C@]12CCOc1ccccc12)C(=O)O. The molecule has 0 radical (unpaired) electrons.